The predicted octanol–water partition coefficient (Wildman–Crippen LogP) is -2.34. The Morgan fingerprint density at radius 1 is 0.412 bits per heavy atom. The Labute approximate surface area is 211 Å². The van der Waals surface area contributed by atoms with Crippen LogP contribution in [-0.2, 0) is 0 Å². The second kappa shape index (κ2) is 10.6. The zero-order valence-corrected chi connectivity index (χ0v) is 20.4. The van der Waals surface area contributed by atoms with Crippen molar-refractivity contribution in [1.29, 1.82) is 0 Å². The lowest BCUT2D eigenvalue weighted by atomic mass is 9.80. The van der Waals surface area contributed by atoms with E-state index in [9.17, 15) is 40.2 Å². The largest absolute Gasteiger partial charge is 0.489 e. The van der Waals surface area contributed by atoms with Crippen LogP contribution in [0.15, 0.2) is 45.8 Å². The van der Waals surface area contributed by atoms with E-state index in [1.807, 2.05) is 0 Å². The minimum Gasteiger partial charge on any atom is -0.423 e. The lowest BCUT2D eigenvalue weighted by Gasteiger charge is -2.12. The van der Waals surface area contributed by atoms with Crippen molar-refractivity contribution in [2.24, 2.45) is 0 Å². The molecule has 0 atom stereocenters. The van der Waals surface area contributed by atoms with Crippen molar-refractivity contribution in [2.75, 3.05) is 0 Å². The molecule has 0 spiro atoms. The van der Waals surface area contributed by atoms with Gasteiger partial charge in [-0.15, -0.1) is 45.3 Å². The molecule has 34 heavy (non-hydrogen) atoms. The van der Waals surface area contributed by atoms with Gasteiger partial charge in [-0.05, 0) is 67.6 Å². The summed E-state index contributed by atoms with van der Waals surface area (Å²) in [6.45, 7) is 0. The van der Waals surface area contributed by atoms with Crippen LogP contribution in [0, 0.1) is 0 Å². The summed E-state index contributed by atoms with van der Waals surface area (Å²) in [4.78, 5) is 2.60. The standard InChI is InChI=1S/C18H16B4O8S4/c23-19(24)9-1-13(31-5-9)17(14-2-10(6-32-14)20(25)26)18(15-3-11(7-33-15)21(27)28)16-4-12(8-34-16)22(29)30/h1-8,23-30H. The highest BCUT2D eigenvalue weighted by atomic mass is 32.1. The van der Waals surface area contributed by atoms with E-state index in [-0.39, 0.29) is 21.9 Å². The summed E-state index contributed by atoms with van der Waals surface area (Å²) in [5.74, 6) is 0. The molecule has 4 aromatic heterocycles. The van der Waals surface area contributed by atoms with Crippen LogP contribution in [0.2, 0.25) is 0 Å². The fourth-order valence-electron chi connectivity index (χ4n) is 3.21. The Balaban J connectivity index is 2.03. The minimum atomic E-state index is -1.68. The van der Waals surface area contributed by atoms with Crippen LogP contribution >= 0.6 is 45.3 Å². The van der Waals surface area contributed by atoms with Gasteiger partial charge in [-0.1, -0.05) is 0 Å². The normalized spacial score (nSPS) is 10.9. The molecule has 172 valence electrons. The fourth-order valence-corrected chi connectivity index (χ4v) is 7.28. The average molecular weight is 532 g/mol. The molecular weight excluding hydrogens is 516 g/mol. The highest BCUT2D eigenvalue weighted by Gasteiger charge is 2.26. The molecule has 16 heteroatoms. The van der Waals surface area contributed by atoms with Gasteiger partial charge in [0.2, 0.25) is 0 Å². The third-order valence-corrected chi connectivity index (χ3v) is 8.77. The number of rotatable bonds is 8. The van der Waals surface area contributed by atoms with Gasteiger partial charge in [-0.3, -0.25) is 0 Å². The van der Waals surface area contributed by atoms with E-state index in [1.54, 1.807) is 45.8 Å². The fraction of sp³-hybridized carbons (Fsp3) is 0. The molecule has 0 aliphatic heterocycles. The second-order valence-corrected chi connectivity index (χ2v) is 10.9. The van der Waals surface area contributed by atoms with Gasteiger partial charge in [-0.25, -0.2) is 0 Å². The Bertz CT molecular complexity index is 1110. The van der Waals surface area contributed by atoms with Crippen LogP contribution in [0.25, 0.3) is 11.1 Å². The predicted molar refractivity (Wildman–Crippen MR) is 142 cm³/mol. The molecule has 4 rings (SSSR count). The lowest BCUT2D eigenvalue weighted by molar-refractivity contribution is 0.424. The molecule has 8 nitrogen and oxygen atoms in total. The topological polar surface area (TPSA) is 162 Å². The van der Waals surface area contributed by atoms with Gasteiger partial charge in [0.25, 0.3) is 0 Å². The molecule has 0 bridgehead atoms. The van der Waals surface area contributed by atoms with Crippen molar-refractivity contribution in [1.82, 2.24) is 0 Å². The highest BCUT2D eigenvalue weighted by molar-refractivity contribution is 7.17. The molecule has 8 N–H and O–H groups in total. The second-order valence-electron chi connectivity index (χ2n) is 7.22. The lowest BCUT2D eigenvalue weighted by Crippen LogP contribution is -2.28. The molecule has 0 unspecified atom stereocenters. The molecule has 0 aromatic carbocycles. The quantitative estimate of drug-likeness (QED) is 0.117. The van der Waals surface area contributed by atoms with Gasteiger partial charge in [0.15, 0.2) is 0 Å². The van der Waals surface area contributed by atoms with Gasteiger partial charge in [-0.2, -0.15) is 0 Å². The van der Waals surface area contributed by atoms with Crippen molar-refractivity contribution < 1.29 is 40.2 Å². The molecule has 0 aliphatic rings. The molecule has 0 aliphatic carbocycles. The van der Waals surface area contributed by atoms with Crippen molar-refractivity contribution in [2.45, 2.75) is 0 Å². The van der Waals surface area contributed by atoms with E-state index in [4.69, 9.17) is 0 Å². The molecule has 4 aromatic rings. The Morgan fingerprint density at radius 3 is 0.765 bits per heavy atom. The SMILES string of the molecule is OB(O)c1csc(C(=C(c2cc(B(O)O)cs2)c2cc(B(O)O)cs2)c2cc(B(O)O)cs2)c1. The van der Waals surface area contributed by atoms with Crippen LogP contribution in [0.5, 0.6) is 0 Å². The molecular formula is C18H16B4O8S4. The zero-order valence-electron chi connectivity index (χ0n) is 17.1. The van der Waals surface area contributed by atoms with Crippen LogP contribution in [0.1, 0.15) is 19.5 Å². The van der Waals surface area contributed by atoms with Gasteiger partial charge in [0, 0.05) is 30.7 Å². The Kier molecular flexibility index (Phi) is 7.99. The first-order valence-electron chi connectivity index (χ1n) is 9.69. The van der Waals surface area contributed by atoms with E-state index in [2.05, 4.69) is 0 Å². The van der Waals surface area contributed by atoms with Gasteiger partial charge < -0.3 is 40.2 Å². The van der Waals surface area contributed by atoms with E-state index in [0.717, 1.165) is 0 Å². The summed E-state index contributed by atoms with van der Waals surface area (Å²) < 4.78 is 0. The zero-order chi connectivity index (χ0) is 24.6. The van der Waals surface area contributed by atoms with Crippen molar-refractivity contribution in [3.63, 3.8) is 0 Å². The third kappa shape index (κ3) is 5.33. The first kappa shape index (κ1) is 25.6. The van der Waals surface area contributed by atoms with E-state index in [1.165, 1.54) is 45.3 Å². The van der Waals surface area contributed by atoms with Crippen LogP contribution in [-0.4, -0.2) is 68.7 Å². The van der Waals surface area contributed by atoms with E-state index < -0.39 is 28.5 Å². The van der Waals surface area contributed by atoms with Gasteiger partial charge in [0.1, 0.15) is 0 Å². The number of hydrogen-bond acceptors (Lipinski definition) is 12. The smallest absolute Gasteiger partial charge is 0.423 e. The minimum absolute atomic E-state index is 0.283. The first-order valence-corrected chi connectivity index (χ1v) is 13.2. The molecule has 4 heterocycles. The highest BCUT2D eigenvalue weighted by Crippen LogP contribution is 2.42. The Morgan fingerprint density at radius 2 is 0.618 bits per heavy atom. The van der Waals surface area contributed by atoms with Crippen molar-refractivity contribution in [3.8, 4) is 0 Å². The monoisotopic (exact) mass is 532 g/mol. The number of thiophene rings is 4. The van der Waals surface area contributed by atoms with Gasteiger partial charge >= 0.3 is 28.5 Å². The summed E-state index contributed by atoms with van der Waals surface area (Å²) in [7, 11) is -6.71. The van der Waals surface area contributed by atoms with Crippen LogP contribution in [0.3, 0.4) is 0 Å². The molecule has 0 fully saturated rings. The summed E-state index contributed by atoms with van der Waals surface area (Å²) in [5.41, 5.74) is 2.40. The van der Waals surface area contributed by atoms with E-state index in [0.29, 0.717) is 30.7 Å². The summed E-state index contributed by atoms with van der Waals surface area (Å²) in [5, 5.41) is 83.5. The molecule has 0 radical (unpaired) electrons. The van der Waals surface area contributed by atoms with Gasteiger partial charge in [0.05, 0.1) is 0 Å². The summed E-state index contributed by atoms with van der Waals surface area (Å²) in [6, 6.07) is 6.46. The maximum Gasteiger partial charge on any atom is 0.489 e. The third-order valence-electron chi connectivity index (χ3n) is 4.91. The summed E-state index contributed by atoms with van der Waals surface area (Å²) >= 11 is 5.03. The Hall–Kier alpha value is -1.52. The molecule has 0 amide bonds. The maximum absolute atomic E-state index is 9.64. The van der Waals surface area contributed by atoms with Crippen LogP contribution in [0.4, 0.5) is 0 Å². The first-order chi connectivity index (χ1) is 16.2. The van der Waals surface area contributed by atoms with E-state index >= 15 is 0 Å². The number of hydrogen-bond donors (Lipinski definition) is 8. The average Bonchev–Trinajstić information content (AvgIpc) is 3.58. The van der Waals surface area contributed by atoms with Crippen LogP contribution < -0.4 is 21.9 Å². The molecule has 0 saturated carbocycles. The molecule has 0 saturated heterocycles. The maximum atomic E-state index is 9.64. The summed E-state index contributed by atoms with van der Waals surface area (Å²) in [6.07, 6.45) is 0. The van der Waals surface area contributed by atoms with Crippen molar-refractivity contribution >= 4 is 107 Å². The van der Waals surface area contributed by atoms with Crippen molar-refractivity contribution in [3.05, 3.63) is 65.3 Å².